The van der Waals surface area contributed by atoms with E-state index in [1.807, 2.05) is 5.06 Å². The molecule has 0 spiro atoms. The lowest BCUT2D eigenvalue weighted by Gasteiger charge is -2.18. The molecule has 2 heterocycles. The number of carbonyl (C=O) groups is 1. The quantitative estimate of drug-likeness (QED) is 0.556. The Morgan fingerprint density at radius 3 is 3.09 bits per heavy atom. The van der Waals surface area contributed by atoms with Gasteiger partial charge in [-0.25, -0.2) is 0 Å². The minimum Gasteiger partial charge on any atom is -0.368 e. The monoisotopic (exact) mass is 156 g/mol. The van der Waals surface area contributed by atoms with E-state index < -0.39 is 0 Å². The minimum atomic E-state index is -0.0862. The van der Waals surface area contributed by atoms with Crippen molar-refractivity contribution in [2.45, 2.75) is 18.9 Å². The number of nitrogens with one attached hydrogen (secondary N) is 1. The molecule has 11 heavy (non-hydrogen) atoms. The molecule has 0 saturated carbocycles. The Morgan fingerprint density at radius 2 is 2.55 bits per heavy atom. The summed E-state index contributed by atoms with van der Waals surface area (Å²) in [4.78, 5) is 15.7. The van der Waals surface area contributed by atoms with Crippen LogP contribution in [0.3, 0.4) is 0 Å². The Hall–Kier alpha value is -0.610. The van der Waals surface area contributed by atoms with Gasteiger partial charge >= 0.3 is 5.97 Å². The van der Waals surface area contributed by atoms with Gasteiger partial charge in [0.15, 0.2) is 0 Å². The zero-order valence-corrected chi connectivity index (χ0v) is 6.38. The molecule has 2 rings (SSSR count). The van der Waals surface area contributed by atoms with Crippen LogP contribution in [0.4, 0.5) is 0 Å². The first kappa shape index (κ1) is 7.06. The molecule has 0 aromatic carbocycles. The van der Waals surface area contributed by atoms with E-state index >= 15 is 0 Å². The molecule has 4 heteroatoms. The first-order chi connectivity index (χ1) is 5.36. The summed E-state index contributed by atoms with van der Waals surface area (Å²) in [5.41, 5.74) is 0. The second-order valence-corrected chi connectivity index (χ2v) is 3.00. The summed E-state index contributed by atoms with van der Waals surface area (Å²) in [6.45, 7) is 2.76. The molecule has 0 bridgehead atoms. The normalized spacial score (nSPS) is 32.7. The summed E-state index contributed by atoms with van der Waals surface area (Å²) in [6, 6.07) is 0.418. The Kier molecular flexibility index (Phi) is 1.79. The van der Waals surface area contributed by atoms with Gasteiger partial charge in [0.2, 0.25) is 0 Å². The zero-order chi connectivity index (χ0) is 7.68. The molecular formula is C7H12N2O2. The Balaban J connectivity index is 1.90. The van der Waals surface area contributed by atoms with Gasteiger partial charge in [-0.2, -0.15) is 0 Å². The summed E-state index contributed by atoms with van der Waals surface area (Å²) in [7, 11) is 0. The topological polar surface area (TPSA) is 41.6 Å². The number of hydrogen-bond acceptors (Lipinski definition) is 4. The molecule has 1 atom stereocenters. The minimum absolute atomic E-state index is 0.0862. The fourth-order valence-electron chi connectivity index (χ4n) is 1.57. The van der Waals surface area contributed by atoms with Crippen LogP contribution in [0.1, 0.15) is 12.8 Å². The van der Waals surface area contributed by atoms with Gasteiger partial charge in [-0.3, -0.25) is 4.79 Å². The molecule has 62 valence electrons. The van der Waals surface area contributed by atoms with E-state index in [2.05, 4.69) is 5.32 Å². The van der Waals surface area contributed by atoms with Crippen molar-refractivity contribution in [1.82, 2.24) is 10.4 Å². The van der Waals surface area contributed by atoms with Gasteiger partial charge in [0, 0.05) is 13.1 Å². The highest BCUT2D eigenvalue weighted by Crippen LogP contribution is 2.14. The zero-order valence-electron chi connectivity index (χ0n) is 6.38. The molecular weight excluding hydrogens is 144 g/mol. The number of nitrogens with zero attached hydrogens (tertiary/aromatic N) is 1. The average molecular weight is 156 g/mol. The van der Waals surface area contributed by atoms with E-state index in [4.69, 9.17) is 4.84 Å². The molecule has 2 fully saturated rings. The van der Waals surface area contributed by atoms with Gasteiger partial charge in [-0.05, 0) is 13.0 Å². The molecule has 0 aliphatic carbocycles. The van der Waals surface area contributed by atoms with Gasteiger partial charge in [0.05, 0.1) is 12.5 Å². The summed E-state index contributed by atoms with van der Waals surface area (Å²) in [6.07, 6.45) is 1.64. The van der Waals surface area contributed by atoms with Gasteiger partial charge in [-0.1, -0.05) is 0 Å². The van der Waals surface area contributed by atoms with Crippen molar-refractivity contribution in [1.29, 1.82) is 0 Å². The second-order valence-electron chi connectivity index (χ2n) is 3.00. The van der Waals surface area contributed by atoms with Gasteiger partial charge < -0.3 is 10.2 Å². The van der Waals surface area contributed by atoms with E-state index in [1.54, 1.807) is 0 Å². The highest BCUT2D eigenvalue weighted by molar-refractivity contribution is 5.70. The van der Waals surface area contributed by atoms with E-state index in [-0.39, 0.29) is 5.97 Å². The van der Waals surface area contributed by atoms with Crippen LogP contribution in [0, 0.1) is 0 Å². The van der Waals surface area contributed by atoms with E-state index in [1.165, 1.54) is 0 Å². The Bertz CT molecular complexity index is 166. The van der Waals surface area contributed by atoms with Crippen LogP contribution in [0.25, 0.3) is 0 Å². The average Bonchev–Trinajstić information content (AvgIpc) is 2.55. The number of hydrogen-bond donors (Lipinski definition) is 1. The fraction of sp³-hybridized carbons (Fsp3) is 0.857. The van der Waals surface area contributed by atoms with Gasteiger partial charge in [-0.15, -0.1) is 5.06 Å². The van der Waals surface area contributed by atoms with E-state index in [0.29, 0.717) is 12.5 Å². The molecule has 0 amide bonds. The van der Waals surface area contributed by atoms with Crippen molar-refractivity contribution in [3.05, 3.63) is 0 Å². The summed E-state index contributed by atoms with van der Waals surface area (Å²) in [5, 5.41) is 5.04. The van der Waals surface area contributed by atoms with Crippen LogP contribution in [0.5, 0.6) is 0 Å². The van der Waals surface area contributed by atoms with Gasteiger partial charge in [0.25, 0.3) is 0 Å². The highest BCUT2D eigenvalue weighted by Gasteiger charge is 2.30. The predicted octanol–water partition coefficient (Wildman–Crippen LogP) is -0.488. The highest BCUT2D eigenvalue weighted by atomic mass is 16.7. The molecule has 1 N–H and O–H groups in total. The Labute approximate surface area is 65.5 Å². The fourth-order valence-corrected chi connectivity index (χ4v) is 1.57. The van der Waals surface area contributed by atoms with Crippen molar-refractivity contribution in [3.63, 3.8) is 0 Å². The molecule has 0 radical (unpaired) electrons. The summed E-state index contributed by atoms with van der Waals surface area (Å²) in [5.74, 6) is -0.0862. The van der Waals surface area contributed by atoms with Crippen LogP contribution in [-0.4, -0.2) is 36.7 Å². The lowest BCUT2D eigenvalue weighted by Crippen LogP contribution is -2.33. The molecule has 1 unspecified atom stereocenters. The molecule has 2 saturated heterocycles. The van der Waals surface area contributed by atoms with Crippen molar-refractivity contribution in [2.75, 3.05) is 19.6 Å². The molecule has 2 aliphatic rings. The van der Waals surface area contributed by atoms with Crippen molar-refractivity contribution in [3.8, 4) is 0 Å². The number of rotatable bonds is 1. The Morgan fingerprint density at radius 1 is 1.64 bits per heavy atom. The smallest absolute Gasteiger partial charge is 0.326 e. The maximum absolute atomic E-state index is 10.7. The first-order valence-electron chi connectivity index (χ1n) is 4.04. The molecule has 2 aliphatic heterocycles. The van der Waals surface area contributed by atoms with Crippen molar-refractivity contribution >= 4 is 5.97 Å². The van der Waals surface area contributed by atoms with Gasteiger partial charge in [0.1, 0.15) is 0 Å². The van der Waals surface area contributed by atoms with Crippen LogP contribution in [0.15, 0.2) is 0 Å². The lowest BCUT2D eigenvalue weighted by molar-refractivity contribution is -0.177. The first-order valence-corrected chi connectivity index (χ1v) is 4.04. The molecule has 4 nitrogen and oxygen atoms in total. The largest absolute Gasteiger partial charge is 0.368 e. The van der Waals surface area contributed by atoms with E-state index in [0.717, 1.165) is 26.1 Å². The SMILES string of the molecule is O=C1CCN(C2CCNC2)O1. The third kappa shape index (κ3) is 1.36. The summed E-state index contributed by atoms with van der Waals surface area (Å²) < 4.78 is 0. The summed E-state index contributed by atoms with van der Waals surface area (Å²) >= 11 is 0. The molecule has 0 aromatic heterocycles. The maximum Gasteiger partial charge on any atom is 0.326 e. The van der Waals surface area contributed by atoms with Crippen LogP contribution in [0.2, 0.25) is 0 Å². The van der Waals surface area contributed by atoms with Crippen LogP contribution < -0.4 is 5.32 Å². The van der Waals surface area contributed by atoms with Crippen molar-refractivity contribution in [2.24, 2.45) is 0 Å². The van der Waals surface area contributed by atoms with Crippen molar-refractivity contribution < 1.29 is 9.63 Å². The second kappa shape index (κ2) is 2.79. The van der Waals surface area contributed by atoms with Crippen LogP contribution >= 0.6 is 0 Å². The lowest BCUT2D eigenvalue weighted by atomic mass is 10.2. The standard InChI is InChI=1S/C7H12N2O2/c10-7-2-4-9(11-7)6-1-3-8-5-6/h6,8H,1-5H2. The maximum atomic E-state index is 10.7. The molecule has 0 aromatic rings. The predicted molar refractivity (Wildman–Crippen MR) is 38.7 cm³/mol. The third-order valence-electron chi connectivity index (χ3n) is 2.20. The van der Waals surface area contributed by atoms with Crippen LogP contribution in [-0.2, 0) is 9.63 Å². The van der Waals surface area contributed by atoms with E-state index in [9.17, 15) is 4.79 Å². The number of hydroxylamine groups is 2. The third-order valence-corrected chi connectivity index (χ3v) is 2.20. The number of carbonyl (C=O) groups excluding carboxylic acids is 1.